The van der Waals surface area contributed by atoms with Gasteiger partial charge in [-0.2, -0.15) is 0 Å². The van der Waals surface area contributed by atoms with Gasteiger partial charge in [0.05, 0.1) is 5.37 Å². The fourth-order valence-corrected chi connectivity index (χ4v) is 5.30. The minimum atomic E-state index is -0.273. The van der Waals surface area contributed by atoms with Crippen LogP contribution in [0, 0.1) is 11.8 Å². The molecule has 2 atom stereocenters. The summed E-state index contributed by atoms with van der Waals surface area (Å²) >= 11 is 1.78. The van der Waals surface area contributed by atoms with Crippen LogP contribution in [0.1, 0.15) is 46.0 Å². The van der Waals surface area contributed by atoms with Gasteiger partial charge in [-0.25, -0.2) is 0 Å². The van der Waals surface area contributed by atoms with Crippen LogP contribution in [0.4, 0.5) is 0 Å². The van der Waals surface area contributed by atoms with Gasteiger partial charge in [0.1, 0.15) is 6.04 Å². The van der Waals surface area contributed by atoms with Crippen molar-refractivity contribution in [3.8, 4) is 0 Å². The average molecular weight is 354 g/mol. The molecule has 0 bridgehead atoms. The van der Waals surface area contributed by atoms with E-state index in [9.17, 15) is 9.59 Å². The smallest absolute Gasteiger partial charge is 0.243 e. The van der Waals surface area contributed by atoms with Crippen LogP contribution < -0.4 is 5.32 Å². The number of amides is 2. The summed E-state index contributed by atoms with van der Waals surface area (Å²) < 4.78 is 0. The molecule has 3 aliphatic rings. The van der Waals surface area contributed by atoms with Crippen molar-refractivity contribution >= 4 is 23.6 Å². The van der Waals surface area contributed by atoms with Gasteiger partial charge in [0.15, 0.2) is 0 Å². The van der Waals surface area contributed by atoms with E-state index in [0.717, 1.165) is 44.6 Å². The van der Waals surface area contributed by atoms with Gasteiger partial charge in [-0.1, -0.05) is 13.8 Å². The largest absolute Gasteiger partial charge is 0.353 e. The van der Waals surface area contributed by atoms with E-state index in [1.54, 1.807) is 11.8 Å². The molecule has 24 heavy (non-hydrogen) atoms. The quantitative estimate of drug-likeness (QED) is 0.760. The lowest BCUT2D eigenvalue weighted by Crippen LogP contribution is -2.51. The fraction of sp³-hybridized carbons (Fsp3) is 0.889. The summed E-state index contributed by atoms with van der Waals surface area (Å²) in [6.45, 7) is 8.29. The maximum atomic E-state index is 12.7. The number of carbonyl (C=O) groups excluding carboxylic acids is 2. The number of nitrogens with one attached hydrogen (secondary N) is 1. The summed E-state index contributed by atoms with van der Waals surface area (Å²) in [6, 6.07) is -0.273. The highest BCUT2D eigenvalue weighted by molar-refractivity contribution is 8.00. The third-order valence-corrected chi connectivity index (χ3v) is 6.49. The molecule has 0 spiro atoms. The van der Waals surface area contributed by atoms with Crippen LogP contribution in [0.2, 0.25) is 0 Å². The third kappa shape index (κ3) is 4.45. The molecule has 2 unspecified atom stereocenters. The normalized spacial score (nSPS) is 27.9. The number of carbonyl (C=O) groups is 2. The Morgan fingerprint density at radius 3 is 2.54 bits per heavy atom. The van der Waals surface area contributed by atoms with Gasteiger partial charge in [0, 0.05) is 24.8 Å². The molecule has 2 amide bonds. The molecule has 136 valence electrons. The highest BCUT2D eigenvalue weighted by Gasteiger charge is 2.45. The Bertz CT molecular complexity index is 461. The minimum Gasteiger partial charge on any atom is -0.353 e. The number of rotatable bonds is 7. The van der Waals surface area contributed by atoms with Gasteiger partial charge < -0.3 is 15.1 Å². The first kappa shape index (κ1) is 18.1. The molecule has 0 aromatic rings. The summed E-state index contributed by atoms with van der Waals surface area (Å²) in [4.78, 5) is 29.7. The van der Waals surface area contributed by atoms with E-state index in [1.807, 2.05) is 4.90 Å². The molecule has 2 saturated heterocycles. The molecule has 0 radical (unpaired) electrons. The first-order valence-corrected chi connectivity index (χ1v) is 10.5. The number of nitrogens with zero attached hydrogens (tertiary/aromatic N) is 2. The number of hydrogen-bond acceptors (Lipinski definition) is 4. The molecule has 0 aromatic carbocycles. The van der Waals surface area contributed by atoms with Crippen LogP contribution in [0.25, 0.3) is 0 Å². The molecule has 3 fully saturated rings. The van der Waals surface area contributed by atoms with Crippen LogP contribution >= 0.6 is 11.8 Å². The maximum Gasteiger partial charge on any atom is 0.243 e. The molecule has 0 aromatic heterocycles. The summed E-state index contributed by atoms with van der Waals surface area (Å²) in [7, 11) is 0. The van der Waals surface area contributed by atoms with E-state index in [4.69, 9.17) is 0 Å². The average Bonchev–Trinajstić information content (AvgIpc) is 3.11. The SMILES string of the molecule is CC(C)CC1SCC(C(=O)NCCN2CCCC2)N1C(=O)C1CC1. The van der Waals surface area contributed by atoms with E-state index in [0.29, 0.717) is 12.5 Å². The van der Waals surface area contributed by atoms with E-state index >= 15 is 0 Å². The van der Waals surface area contributed by atoms with Crippen LogP contribution in [-0.2, 0) is 9.59 Å². The zero-order chi connectivity index (χ0) is 17.1. The molecule has 1 saturated carbocycles. The van der Waals surface area contributed by atoms with Crippen molar-refractivity contribution in [2.45, 2.75) is 57.4 Å². The molecule has 3 rings (SSSR count). The molecule has 1 aliphatic carbocycles. The molecule has 5 nitrogen and oxygen atoms in total. The second-order valence-corrected chi connectivity index (χ2v) is 9.00. The van der Waals surface area contributed by atoms with Crippen LogP contribution in [0.3, 0.4) is 0 Å². The van der Waals surface area contributed by atoms with Crippen molar-refractivity contribution in [2.75, 3.05) is 31.9 Å². The minimum absolute atomic E-state index is 0.0435. The van der Waals surface area contributed by atoms with Crippen molar-refractivity contribution in [1.82, 2.24) is 15.1 Å². The van der Waals surface area contributed by atoms with Gasteiger partial charge in [-0.15, -0.1) is 11.8 Å². The third-order valence-electron chi connectivity index (χ3n) is 5.18. The Morgan fingerprint density at radius 2 is 1.92 bits per heavy atom. The number of likely N-dealkylation sites (tertiary alicyclic amines) is 1. The molecule has 6 heteroatoms. The second-order valence-electron chi connectivity index (χ2n) is 7.79. The Hall–Kier alpha value is -0.750. The van der Waals surface area contributed by atoms with Crippen molar-refractivity contribution in [3.05, 3.63) is 0 Å². The lowest BCUT2D eigenvalue weighted by atomic mass is 10.1. The van der Waals surface area contributed by atoms with E-state index in [2.05, 4.69) is 24.1 Å². The van der Waals surface area contributed by atoms with Crippen LogP contribution in [-0.4, -0.2) is 65.0 Å². The van der Waals surface area contributed by atoms with E-state index < -0.39 is 0 Å². The van der Waals surface area contributed by atoms with Gasteiger partial charge in [0.25, 0.3) is 0 Å². The first-order valence-electron chi connectivity index (χ1n) is 9.50. The summed E-state index contributed by atoms with van der Waals surface area (Å²) in [5.41, 5.74) is 0. The first-order chi connectivity index (χ1) is 11.6. The summed E-state index contributed by atoms with van der Waals surface area (Å²) in [6.07, 6.45) is 5.51. The fourth-order valence-electron chi connectivity index (χ4n) is 3.65. The highest BCUT2D eigenvalue weighted by Crippen LogP contribution is 2.39. The van der Waals surface area contributed by atoms with Crippen molar-refractivity contribution in [1.29, 1.82) is 0 Å². The Kier molecular flexibility index (Phi) is 6.08. The molecular weight excluding hydrogens is 322 g/mol. The molecule has 2 heterocycles. The van der Waals surface area contributed by atoms with E-state index in [1.165, 1.54) is 12.8 Å². The molecule has 2 aliphatic heterocycles. The topological polar surface area (TPSA) is 52.7 Å². The van der Waals surface area contributed by atoms with Gasteiger partial charge >= 0.3 is 0 Å². The maximum absolute atomic E-state index is 12.7. The summed E-state index contributed by atoms with van der Waals surface area (Å²) in [5, 5.41) is 3.26. The predicted octanol–water partition coefficient (Wildman–Crippen LogP) is 1.92. The zero-order valence-electron chi connectivity index (χ0n) is 15.0. The summed E-state index contributed by atoms with van der Waals surface area (Å²) in [5.74, 6) is 1.71. The number of thioether (sulfide) groups is 1. The molecule has 1 N–H and O–H groups in total. The second kappa shape index (κ2) is 8.09. The number of hydrogen-bond donors (Lipinski definition) is 1. The highest BCUT2D eigenvalue weighted by atomic mass is 32.2. The Morgan fingerprint density at radius 1 is 1.21 bits per heavy atom. The van der Waals surface area contributed by atoms with Crippen molar-refractivity contribution < 1.29 is 9.59 Å². The monoisotopic (exact) mass is 353 g/mol. The van der Waals surface area contributed by atoms with Crippen LogP contribution in [0.15, 0.2) is 0 Å². The molecular formula is C18H31N3O2S. The van der Waals surface area contributed by atoms with Crippen LogP contribution in [0.5, 0.6) is 0 Å². The lowest BCUT2D eigenvalue weighted by Gasteiger charge is -2.30. The van der Waals surface area contributed by atoms with E-state index in [-0.39, 0.29) is 29.1 Å². The Balaban J connectivity index is 1.55. The zero-order valence-corrected chi connectivity index (χ0v) is 15.8. The van der Waals surface area contributed by atoms with Gasteiger partial charge in [-0.3, -0.25) is 9.59 Å². The van der Waals surface area contributed by atoms with Crippen molar-refractivity contribution in [2.24, 2.45) is 11.8 Å². The van der Waals surface area contributed by atoms with Crippen molar-refractivity contribution in [3.63, 3.8) is 0 Å². The van der Waals surface area contributed by atoms with Gasteiger partial charge in [0.2, 0.25) is 11.8 Å². The standard InChI is InChI=1S/C18H31N3O2S/c1-13(2)11-16-21(18(23)14-5-6-14)15(12-24-16)17(22)19-7-10-20-8-3-4-9-20/h13-16H,3-12H2,1-2H3,(H,19,22). The Labute approximate surface area is 149 Å². The van der Waals surface area contributed by atoms with Gasteiger partial charge in [-0.05, 0) is 51.1 Å². The lowest BCUT2D eigenvalue weighted by molar-refractivity contribution is -0.141. The predicted molar refractivity (Wildman–Crippen MR) is 97.7 cm³/mol.